The first-order valence-electron chi connectivity index (χ1n) is 5.83. The molecule has 0 spiro atoms. The van der Waals surface area contributed by atoms with Gasteiger partial charge in [-0.3, -0.25) is 0 Å². The van der Waals surface area contributed by atoms with Gasteiger partial charge in [0.25, 0.3) is 0 Å². The Bertz CT molecular complexity index is 314. The number of rotatable bonds is 7. The molecule has 0 aliphatic heterocycles. The number of halogens is 1. The summed E-state index contributed by atoms with van der Waals surface area (Å²) in [7, 11) is 4.15. The van der Waals surface area contributed by atoms with Crippen molar-refractivity contribution in [2.45, 2.75) is 12.5 Å². The highest BCUT2D eigenvalue weighted by Crippen LogP contribution is 2.10. The van der Waals surface area contributed by atoms with Crippen molar-refractivity contribution in [2.24, 2.45) is 0 Å². The summed E-state index contributed by atoms with van der Waals surface area (Å²) in [4.78, 5) is 2.17. The molecule has 0 amide bonds. The molecular weight excluding hydrogens is 236 g/mol. The number of benzene rings is 1. The lowest BCUT2D eigenvalue weighted by Crippen LogP contribution is -2.20. The van der Waals surface area contributed by atoms with Crippen LogP contribution < -0.4 is 5.32 Å². The van der Waals surface area contributed by atoms with Crippen LogP contribution in [0.1, 0.15) is 5.56 Å². The molecule has 0 heterocycles. The number of nitrogens with zero attached hydrogens (tertiary/aromatic N) is 1. The molecule has 0 aliphatic rings. The molecule has 1 unspecified atom stereocenters. The highest BCUT2D eigenvalue weighted by atomic mass is 35.5. The smallest absolute Gasteiger partial charge is 0.0847 e. The van der Waals surface area contributed by atoms with Crippen LogP contribution in [0.3, 0.4) is 0 Å². The predicted octanol–water partition coefficient (Wildman–Crippen LogP) is 1.80. The number of aliphatic hydroxyl groups is 1. The lowest BCUT2D eigenvalue weighted by molar-refractivity contribution is 0.211. The van der Waals surface area contributed by atoms with Crippen LogP contribution in [0.5, 0.6) is 0 Å². The summed E-state index contributed by atoms with van der Waals surface area (Å²) >= 11 is 5.52. The van der Waals surface area contributed by atoms with Crippen LogP contribution in [0.4, 0.5) is 5.69 Å². The molecule has 0 aliphatic carbocycles. The van der Waals surface area contributed by atoms with E-state index < -0.39 is 6.10 Å². The molecule has 17 heavy (non-hydrogen) atoms. The van der Waals surface area contributed by atoms with Crippen molar-refractivity contribution in [1.29, 1.82) is 0 Å². The summed E-state index contributed by atoms with van der Waals surface area (Å²) in [6.45, 7) is 1.54. The SMILES string of the molecule is CN(C)CCc1ccc(NCC(O)CCl)cc1. The molecule has 0 fully saturated rings. The van der Waals surface area contributed by atoms with Crippen molar-refractivity contribution in [3.63, 3.8) is 0 Å². The standard InChI is InChI=1S/C13H21ClN2O/c1-16(2)8-7-11-3-5-12(6-4-11)15-10-13(17)9-14/h3-6,13,15,17H,7-10H2,1-2H3. The Kier molecular flexibility index (Phi) is 6.34. The summed E-state index contributed by atoms with van der Waals surface area (Å²) in [6, 6.07) is 8.29. The van der Waals surface area contributed by atoms with Crippen molar-refractivity contribution in [3.05, 3.63) is 29.8 Å². The van der Waals surface area contributed by atoms with E-state index >= 15 is 0 Å². The van der Waals surface area contributed by atoms with Gasteiger partial charge >= 0.3 is 0 Å². The van der Waals surface area contributed by atoms with E-state index in [1.807, 2.05) is 12.1 Å². The van der Waals surface area contributed by atoms with Crippen LogP contribution in [0.25, 0.3) is 0 Å². The summed E-state index contributed by atoms with van der Waals surface area (Å²) in [5, 5.41) is 12.5. The van der Waals surface area contributed by atoms with Gasteiger partial charge in [-0.2, -0.15) is 0 Å². The summed E-state index contributed by atoms with van der Waals surface area (Å²) in [6.07, 6.45) is 0.558. The molecule has 0 saturated carbocycles. The first-order valence-corrected chi connectivity index (χ1v) is 6.37. The van der Waals surface area contributed by atoms with Crippen LogP contribution in [0.15, 0.2) is 24.3 Å². The van der Waals surface area contributed by atoms with Crippen LogP contribution in [-0.2, 0) is 6.42 Å². The number of anilines is 1. The minimum atomic E-state index is -0.495. The van der Waals surface area contributed by atoms with Crippen molar-refractivity contribution in [1.82, 2.24) is 4.90 Å². The number of hydrogen-bond donors (Lipinski definition) is 2. The Hall–Kier alpha value is -0.770. The van der Waals surface area contributed by atoms with E-state index in [1.54, 1.807) is 0 Å². The van der Waals surface area contributed by atoms with E-state index in [-0.39, 0.29) is 5.88 Å². The molecule has 1 aromatic rings. The van der Waals surface area contributed by atoms with Crippen molar-refractivity contribution in [3.8, 4) is 0 Å². The van der Waals surface area contributed by atoms with Crippen LogP contribution in [0.2, 0.25) is 0 Å². The minimum Gasteiger partial charge on any atom is -0.390 e. The van der Waals surface area contributed by atoms with Gasteiger partial charge in [0.1, 0.15) is 0 Å². The van der Waals surface area contributed by atoms with Crippen molar-refractivity contribution < 1.29 is 5.11 Å². The molecular formula is C13H21ClN2O. The third-order valence-corrected chi connectivity index (χ3v) is 2.88. The molecule has 4 heteroatoms. The Labute approximate surface area is 108 Å². The summed E-state index contributed by atoms with van der Waals surface area (Å²) < 4.78 is 0. The maximum atomic E-state index is 9.32. The fourth-order valence-corrected chi connectivity index (χ4v) is 1.54. The van der Waals surface area contributed by atoms with Gasteiger partial charge in [-0.25, -0.2) is 0 Å². The molecule has 3 nitrogen and oxygen atoms in total. The number of alkyl halides is 1. The Morgan fingerprint density at radius 2 is 1.94 bits per heavy atom. The van der Waals surface area contributed by atoms with Gasteiger partial charge in [0, 0.05) is 18.8 Å². The van der Waals surface area contributed by atoms with Gasteiger partial charge in [0.2, 0.25) is 0 Å². The normalized spacial score (nSPS) is 12.8. The number of aliphatic hydroxyl groups excluding tert-OH is 1. The highest BCUT2D eigenvalue weighted by Gasteiger charge is 2.01. The van der Waals surface area contributed by atoms with Crippen molar-refractivity contribution >= 4 is 17.3 Å². The first kappa shape index (κ1) is 14.3. The largest absolute Gasteiger partial charge is 0.390 e. The number of nitrogens with one attached hydrogen (secondary N) is 1. The number of hydrogen-bond acceptors (Lipinski definition) is 3. The lowest BCUT2D eigenvalue weighted by Gasteiger charge is -2.12. The topological polar surface area (TPSA) is 35.5 Å². The van der Waals surface area contributed by atoms with E-state index in [1.165, 1.54) is 5.56 Å². The van der Waals surface area contributed by atoms with E-state index in [9.17, 15) is 5.11 Å². The highest BCUT2D eigenvalue weighted by molar-refractivity contribution is 6.18. The minimum absolute atomic E-state index is 0.258. The number of likely N-dealkylation sites (N-methyl/N-ethyl adjacent to an activating group) is 1. The second kappa shape index (κ2) is 7.54. The maximum absolute atomic E-state index is 9.32. The molecule has 1 atom stereocenters. The predicted molar refractivity (Wildman–Crippen MR) is 73.9 cm³/mol. The summed E-state index contributed by atoms with van der Waals surface area (Å²) in [5.41, 5.74) is 2.34. The Balaban J connectivity index is 2.39. The fraction of sp³-hybridized carbons (Fsp3) is 0.538. The molecule has 1 aromatic carbocycles. The first-order chi connectivity index (χ1) is 8.11. The van der Waals surface area contributed by atoms with E-state index in [0.29, 0.717) is 6.54 Å². The maximum Gasteiger partial charge on any atom is 0.0847 e. The second-order valence-corrected chi connectivity index (χ2v) is 4.75. The quantitative estimate of drug-likeness (QED) is 0.731. The lowest BCUT2D eigenvalue weighted by atomic mass is 10.1. The average Bonchev–Trinajstić information content (AvgIpc) is 2.34. The van der Waals surface area contributed by atoms with E-state index in [0.717, 1.165) is 18.7 Å². The monoisotopic (exact) mass is 256 g/mol. The third kappa shape index (κ3) is 5.91. The molecule has 0 saturated heterocycles. The van der Waals surface area contributed by atoms with Gasteiger partial charge in [-0.1, -0.05) is 12.1 Å². The average molecular weight is 257 g/mol. The fourth-order valence-electron chi connectivity index (χ4n) is 1.43. The third-order valence-electron chi connectivity index (χ3n) is 2.52. The van der Waals surface area contributed by atoms with Gasteiger partial charge in [0.15, 0.2) is 0 Å². The molecule has 2 N–H and O–H groups in total. The van der Waals surface area contributed by atoms with Gasteiger partial charge < -0.3 is 15.3 Å². The van der Waals surface area contributed by atoms with Crippen LogP contribution in [-0.4, -0.2) is 49.2 Å². The van der Waals surface area contributed by atoms with E-state index in [4.69, 9.17) is 11.6 Å². The van der Waals surface area contributed by atoms with E-state index in [2.05, 4.69) is 36.4 Å². The second-order valence-electron chi connectivity index (χ2n) is 4.44. The zero-order chi connectivity index (χ0) is 12.7. The van der Waals surface area contributed by atoms with Crippen LogP contribution >= 0.6 is 11.6 Å². The van der Waals surface area contributed by atoms with Gasteiger partial charge in [-0.15, -0.1) is 11.6 Å². The molecule has 96 valence electrons. The molecule has 1 rings (SSSR count). The molecule has 0 aromatic heterocycles. The zero-order valence-electron chi connectivity index (χ0n) is 10.5. The summed E-state index contributed by atoms with van der Waals surface area (Å²) in [5.74, 6) is 0.258. The van der Waals surface area contributed by atoms with Crippen molar-refractivity contribution in [2.75, 3.05) is 38.4 Å². The molecule has 0 radical (unpaired) electrons. The Morgan fingerprint density at radius 3 is 2.47 bits per heavy atom. The van der Waals surface area contributed by atoms with Crippen LogP contribution in [0, 0.1) is 0 Å². The zero-order valence-corrected chi connectivity index (χ0v) is 11.2. The van der Waals surface area contributed by atoms with Gasteiger partial charge in [-0.05, 0) is 38.2 Å². The molecule has 0 bridgehead atoms. The van der Waals surface area contributed by atoms with Gasteiger partial charge in [0.05, 0.1) is 12.0 Å². The Morgan fingerprint density at radius 1 is 1.29 bits per heavy atom.